The molecule has 5 nitrogen and oxygen atoms in total. The molecule has 0 aliphatic carbocycles. The number of carboxylic acids is 1. The molecule has 19 heavy (non-hydrogen) atoms. The Labute approximate surface area is 120 Å². The zero-order valence-electron chi connectivity index (χ0n) is 11.4. The number of rotatable bonds is 7. The van der Waals surface area contributed by atoms with Gasteiger partial charge in [0.2, 0.25) is 0 Å². The standard InChI is InChI=1S/C12H19ClN2O3S/c1-4-9-11(13)10(15(5-2)14-9)7-19(18)6-8(3)12(16)17/h8H,4-7H2,1-3H3,(H,16,17). The summed E-state index contributed by atoms with van der Waals surface area (Å²) in [4.78, 5) is 10.7. The fourth-order valence-corrected chi connectivity index (χ4v) is 3.55. The van der Waals surface area contributed by atoms with Crippen molar-refractivity contribution in [2.24, 2.45) is 5.92 Å². The first-order chi connectivity index (χ1) is 8.90. The van der Waals surface area contributed by atoms with Crippen LogP contribution in [0.3, 0.4) is 0 Å². The molecule has 0 amide bonds. The van der Waals surface area contributed by atoms with Gasteiger partial charge in [-0.1, -0.05) is 25.4 Å². The third-order valence-corrected chi connectivity index (χ3v) is 4.75. The Hall–Kier alpha value is -0.880. The molecule has 0 aromatic carbocycles. The van der Waals surface area contributed by atoms with Crippen LogP contribution in [0.1, 0.15) is 32.2 Å². The van der Waals surface area contributed by atoms with Crippen LogP contribution in [-0.4, -0.2) is 30.8 Å². The molecule has 0 radical (unpaired) electrons. The van der Waals surface area contributed by atoms with E-state index in [2.05, 4.69) is 5.10 Å². The number of hydrogen-bond donors (Lipinski definition) is 1. The second-order valence-corrected chi connectivity index (χ2v) is 6.25. The summed E-state index contributed by atoms with van der Waals surface area (Å²) in [6.07, 6.45) is 0.719. The molecule has 108 valence electrons. The minimum absolute atomic E-state index is 0.127. The highest BCUT2D eigenvalue weighted by Crippen LogP contribution is 2.23. The maximum Gasteiger partial charge on any atom is 0.307 e. The minimum Gasteiger partial charge on any atom is -0.481 e. The summed E-state index contributed by atoms with van der Waals surface area (Å²) in [5, 5.41) is 13.7. The van der Waals surface area contributed by atoms with Crippen LogP contribution < -0.4 is 0 Å². The van der Waals surface area contributed by atoms with Crippen LogP contribution in [0, 0.1) is 5.92 Å². The van der Waals surface area contributed by atoms with Crippen LogP contribution in [0.15, 0.2) is 0 Å². The van der Waals surface area contributed by atoms with Crippen molar-refractivity contribution in [3.8, 4) is 0 Å². The van der Waals surface area contributed by atoms with E-state index in [4.69, 9.17) is 16.7 Å². The molecule has 0 aliphatic heterocycles. The number of nitrogens with zero attached hydrogens (tertiary/aromatic N) is 2. The zero-order chi connectivity index (χ0) is 14.6. The highest BCUT2D eigenvalue weighted by atomic mass is 35.5. The molecule has 0 aliphatic rings. The van der Waals surface area contributed by atoms with Gasteiger partial charge >= 0.3 is 5.97 Å². The number of halogens is 1. The van der Waals surface area contributed by atoms with Crippen LogP contribution in [0.2, 0.25) is 5.02 Å². The average molecular weight is 307 g/mol. The molecule has 0 spiro atoms. The van der Waals surface area contributed by atoms with Gasteiger partial charge in [0, 0.05) is 23.1 Å². The van der Waals surface area contributed by atoms with Crippen molar-refractivity contribution in [1.82, 2.24) is 9.78 Å². The van der Waals surface area contributed by atoms with E-state index in [0.717, 1.165) is 17.8 Å². The van der Waals surface area contributed by atoms with Gasteiger partial charge in [-0.05, 0) is 13.3 Å². The van der Waals surface area contributed by atoms with Crippen molar-refractivity contribution < 1.29 is 14.1 Å². The van der Waals surface area contributed by atoms with Gasteiger partial charge in [-0.2, -0.15) is 5.10 Å². The molecule has 2 atom stereocenters. The average Bonchev–Trinajstić information content (AvgIpc) is 2.66. The molecule has 1 aromatic heterocycles. The van der Waals surface area contributed by atoms with Crippen molar-refractivity contribution in [2.45, 2.75) is 39.5 Å². The number of hydrogen-bond acceptors (Lipinski definition) is 3. The third kappa shape index (κ3) is 4.04. The summed E-state index contributed by atoms with van der Waals surface area (Å²) in [6, 6.07) is 0. The van der Waals surface area contributed by atoms with Gasteiger partial charge in [-0.3, -0.25) is 13.7 Å². The van der Waals surface area contributed by atoms with E-state index in [1.807, 2.05) is 13.8 Å². The Morgan fingerprint density at radius 2 is 2.16 bits per heavy atom. The van der Waals surface area contributed by atoms with Gasteiger partial charge in [0.1, 0.15) is 0 Å². The predicted octanol–water partition coefficient (Wildman–Crippen LogP) is 2.09. The maximum atomic E-state index is 12.0. The number of carbonyl (C=O) groups is 1. The minimum atomic E-state index is -1.26. The van der Waals surface area contributed by atoms with Crippen LogP contribution in [-0.2, 0) is 34.3 Å². The normalized spacial score (nSPS) is 14.3. The fraction of sp³-hybridized carbons (Fsp3) is 0.667. The maximum absolute atomic E-state index is 12.0. The Balaban J connectivity index is 2.84. The molecular formula is C12H19ClN2O3S. The third-order valence-electron chi connectivity index (χ3n) is 2.85. The SMILES string of the molecule is CCc1nn(CC)c(CS(=O)CC(C)C(=O)O)c1Cl. The quantitative estimate of drug-likeness (QED) is 0.837. The molecule has 1 heterocycles. The molecule has 7 heteroatoms. The largest absolute Gasteiger partial charge is 0.481 e. The fourth-order valence-electron chi connectivity index (χ4n) is 1.72. The second-order valence-electron chi connectivity index (χ2n) is 4.37. The summed E-state index contributed by atoms with van der Waals surface area (Å²) >= 11 is 6.22. The lowest BCUT2D eigenvalue weighted by atomic mass is 10.2. The monoisotopic (exact) mass is 306 g/mol. The van der Waals surface area contributed by atoms with Gasteiger partial charge in [-0.25, -0.2) is 0 Å². The second kappa shape index (κ2) is 7.05. The first kappa shape index (κ1) is 16.2. The van der Waals surface area contributed by atoms with Crippen molar-refractivity contribution in [2.75, 3.05) is 5.75 Å². The van der Waals surface area contributed by atoms with Crippen LogP contribution in [0.5, 0.6) is 0 Å². The summed E-state index contributed by atoms with van der Waals surface area (Å²) in [5.41, 5.74) is 1.53. The lowest BCUT2D eigenvalue weighted by Crippen LogP contribution is -2.19. The van der Waals surface area contributed by atoms with E-state index in [-0.39, 0.29) is 11.5 Å². The van der Waals surface area contributed by atoms with Crippen LogP contribution in [0.4, 0.5) is 0 Å². The number of aromatic nitrogens is 2. The molecule has 0 fully saturated rings. The Kier molecular flexibility index (Phi) is 6.00. The van der Waals surface area contributed by atoms with Gasteiger partial charge in [-0.15, -0.1) is 0 Å². The first-order valence-corrected chi connectivity index (χ1v) is 8.09. The smallest absolute Gasteiger partial charge is 0.307 e. The molecule has 0 saturated carbocycles. The molecule has 0 bridgehead atoms. The molecule has 0 saturated heterocycles. The van der Waals surface area contributed by atoms with Gasteiger partial charge in [0.15, 0.2) is 0 Å². The topological polar surface area (TPSA) is 72.2 Å². The van der Waals surface area contributed by atoms with E-state index in [0.29, 0.717) is 11.6 Å². The summed E-state index contributed by atoms with van der Waals surface area (Å²) in [5.74, 6) is -1.18. The van der Waals surface area contributed by atoms with Crippen LogP contribution >= 0.6 is 11.6 Å². The molecule has 2 unspecified atom stereocenters. The van der Waals surface area contributed by atoms with Crippen molar-refractivity contribution in [3.05, 3.63) is 16.4 Å². The highest BCUT2D eigenvalue weighted by molar-refractivity contribution is 7.84. The lowest BCUT2D eigenvalue weighted by Gasteiger charge is -2.08. The summed E-state index contributed by atoms with van der Waals surface area (Å²) in [6.45, 7) is 6.10. The van der Waals surface area contributed by atoms with E-state index in [1.54, 1.807) is 11.6 Å². The Bertz CT molecular complexity index is 488. The van der Waals surface area contributed by atoms with Gasteiger partial charge in [0.25, 0.3) is 0 Å². The molecule has 1 rings (SSSR count). The zero-order valence-corrected chi connectivity index (χ0v) is 12.9. The van der Waals surface area contributed by atoms with E-state index >= 15 is 0 Å². The lowest BCUT2D eigenvalue weighted by molar-refractivity contribution is -0.140. The summed E-state index contributed by atoms with van der Waals surface area (Å²) in [7, 11) is -1.26. The highest BCUT2D eigenvalue weighted by Gasteiger charge is 2.20. The van der Waals surface area contributed by atoms with E-state index in [9.17, 15) is 9.00 Å². The molecule has 1 aromatic rings. The van der Waals surface area contributed by atoms with E-state index < -0.39 is 22.7 Å². The van der Waals surface area contributed by atoms with Gasteiger partial charge < -0.3 is 5.11 Å². The van der Waals surface area contributed by atoms with Crippen molar-refractivity contribution in [3.63, 3.8) is 0 Å². The van der Waals surface area contributed by atoms with Crippen molar-refractivity contribution in [1.29, 1.82) is 0 Å². The summed E-state index contributed by atoms with van der Waals surface area (Å²) < 4.78 is 13.7. The molecular weight excluding hydrogens is 288 g/mol. The first-order valence-electron chi connectivity index (χ1n) is 6.22. The Morgan fingerprint density at radius 3 is 2.63 bits per heavy atom. The number of aryl methyl sites for hydroxylation is 2. The van der Waals surface area contributed by atoms with Crippen LogP contribution in [0.25, 0.3) is 0 Å². The number of carboxylic acid groups (broad SMARTS) is 1. The van der Waals surface area contributed by atoms with E-state index in [1.165, 1.54) is 0 Å². The molecule has 1 N–H and O–H groups in total. The number of aliphatic carboxylic acids is 1. The predicted molar refractivity (Wildman–Crippen MR) is 75.8 cm³/mol. The van der Waals surface area contributed by atoms with Crippen molar-refractivity contribution >= 4 is 28.4 Å². The Morgan fingerprint density at radius 1 is 1.53 bits per heavy atom. The van der Waals surface area contributed by atoms with Gasteiger partial charge in [0.05, 0.1) is 28.1 Å².